The van der Waals surface area contributed by atoms with Gasteiger partial charge >= 0.3 is 6.09 Å². The Morgan fingerprint density at radius 3 is 2.08 bits per heavy atom. The number of amides is 1. The molecule has 0 atom stereocenters. The van der Waals surface area contributed by atoms with Gasteiger partial charge in [0.25, 0.3) is 0 Å². The zero-order chi connectivity index (χ0) is 18.8. The summed E-state index contributed by atoms with van der Waals surface area (Å²) in [5.41, 5.74) is 1.92. The second-order valence-electron chi connectivity index (χ2n) is 8.59. The van der Waals surface area contributed by atoms with E-state index in [0.717, 1.165) is 24.5 Å². The Labute approximate surface area is 151 Å². The van der Waals surface area contributed by atoms with Crippen LogP contribution in [0.2, 0.25) is 0 Å². The van der Waals surface area contributed by atoms with Crippen molar-refractivity contribution in [2.75, 3.05) is 38.2 Å². The molecule has 0 N–H and O–H groups in total. The van der Waals surface area contributed by atoms with Crippen LogP contribution in [0.3, 0.4) is 0 Å². The molecule has 0 saturated carbocycles. The molecule has 5 nitrogen and oxygen atoms in total. The molecule has 0 bridgehead atoms. The zero-order valence-electron chi connectivity index (χ0n) is 16.7. The number of benzene rings is 1. The fourth-order valence-electron chi connectivity index (χ4n) is 2.97. The molecule has 1 aliphatic rings. The van der Waals surface area contributed by atoms with Crippen LogP contribution in [0.15, 0.2) is 18.2 Å². The summed E-state index contributed by atoms with van der Waals surface area (Å²) in [7, 11) is 1.72. The maximum absolute atomic E-state index is 12.2. The minimum Gasteiger partial charge on any atom is -0.496 e. The second-order valence-corrected chi connectivity index (χ2v) is 8.59. The summed E-state index contributed by atoms with van der Waals surface area (Å²) in [6.45, 7) is 15.1. The molecule has 5 heteroatoms. The van der Waals surface area contributed by atoms with Crippen LogP contribution >= 0.6 is 0 Å². The van der Waals surface area contributed by atoms with Crippen LogP contribution in [-0.4, -0.2) is 49.9 Å². The van der Waals surface area contributed by atoms with Gasteiger partial charge in [0, 0.05) is 37.9 Å². The van der Waals surface area contributed by atoms with E-state index in [1.165, 1.54) is 5.56 Å². The molecule has 1 heterocycles. The third kappa shape index (κ3) is 5.03. The number of ether oxygens (including phenoxy) is 2. The van der Waals surface area contributed by atoms with Gasteiger partial charge in [-0.2, -0.15) is 0 Å². The molecule has 1 aromatic carbocycles. The molecule has 1 saturated heterocycles. The van der Waals surface area contributed by atoms with Crippen molar-refractivity contribution in [2.45, 2.75) is 52.6 Å². The smallest absolute Gasteiger partial charge is 0.410 e. The van der Waals surface area contributed by atoms with Gasteiger partial charge in [-0.1, -0.05) is 26.8 Å². The second kappa shape index (κ2) is 7.14. The number of hydrogen-bond donors (Lipinski definition) is 0. The molecular formula is C20H32N2O3. The van der Waals surface area contributed by atoms with Crippen molar-refractivity contribution < 1.29 is 14.3 Å². The van der Waals surface area contributed by atoms with Gasteiger partial charge in [0.2, 0.25) is 0 Å². The number of anilines is 1. The summed E-state index contributed by atoms with van der Waals surface area (Å²) in [6, 6.07) is 6.39. The van der Waals surface area contributed by atoms with E-state index in [0.29, 0.717) is 13.1 Å². The van der Waals surface area contributed by atoms with Crippen molar-refractivity contribution in [1.29, 1.82) is 0 Å². The van der Waals surface area contributed by atoms with Gasteiger partial charge in [-0.3, -0.25) is 0 Å². The van der Waals surface area contributed by atoms with Crippen molar-refractivity contribution in [3.8, 4) is 5.75 Å². The van der Waals surface area contributed by atoms with Gasteiger partial charge in [-0.15, -0.1) is 0 Å². The zero-order valence-corrected chi connectivity index (χ0v) is 16.7. The van der Waals surface area contributed by atoms with E-state index < -0.39 is 5.60 Å². The minimum atomic E-state index is -0.454. The summed E-state index contributed by atoms with van der Waals surface area (Å²) in [5, 5.41) is 0. The van der Waals surface area contributed by atoms with Crippen LogP contribution < -0.4 is 9.64 Å². The Kier molecular flexibility index (Phi) is 5.55. The summed E-state index contributed by atoms with van der Waals surface area (Å²) in [4.78, 5) is 16.2. The topological polar surface area (TPSA) is 42.0 Å². The highest BCUT2D eigenvalue weighted by Gasteiger charge is 2.27. The average molecular weight is 348 g/mol. The Morgan fingerprint density at radius 2 is 1.60 bits per heavy atom. The number of carbonyl (C=O) groups excluding carboxylic acids is 1. The third-order valence-corrected chi connectivity index (χ3v) is 4.29. The van der Waals surface area contributed by atoms with Crippen molar-refractivity contribution in [1.82, 2.24) is 4.90 Å². The predicted molar refractivity (Wildman–Crippen MR) is 102 cm³/mol. The van der Waals surface area contributed by atoms with Gasteiger partial charge in [0.05, 0.1) is 7.11 Å². The van der Waals surface area contributed by atoms with Crippen molar-refractivity contribution >= 4 is 11.8 Å². The molecule has 1 aromatic rings. The molecule has 0 unspecified atom stereocenters. The maximum atomic E-state index is 12.2. The van der Waals surface area contributed by atoms with Crippen LogP contribution in [0.25, 0.3) is 0 Å². The highest BCUT2D eigenvalue weighted by Crippen LogP contribution is 2.34. The quantitative estimate of drug-likeness (QED) is 0.808. The minimum absolute atomic E-state index is 0.0410. The van der Waals surface area contributed by atoms with E-state index in [-0.39, 0.29) is 11.5 Å². The van der Waals surface area contributed by atoms with Gasteiger partial charge in [0.1, 0.15) is 11.4 Å². The van der Waals surface area contributed by atoms with Crippen LogP contribution in [0.4, 0.5) is 10.5 Å². The SMILES string of the molecule is COc1cc(N2CCN(C(=O)OC(C)(C)C)CC2)ccc1C(C)(C)C. The Bertz CT molecular complexity index is 606. The summed E-state index contributed by atoms with van der Waals surface area (Å²) >= 11 is 0. The summed E-state index contributed by atoms with van der Waals surface area (Å²) < 4.78 is 11.1. The van der Waals surface area contributed by atoms with Crippen LogP contribution in [0.5, 0.6) is 5.75 Å². The van der Waals surface area contributed by atoms with Gasteiger partial charge < -0.3 is 19.3 Å². The molecule has 0 spiro atoms. The Morgan fingerprint density at radius 1 is 1.00 bits per heavy atom. The standard InChI is InChI=1S/C20H32N2O3/c1-19(2,3)16-9-8-15(14-17(16)24-7)21-10-12-22(13-11-21)18(23)25-20(4,5)6/h8-9,14H,10-13H2,1-7H3. The molecule has 0 radical (unpaired) electrons. The third-order valence-electron chi connectivity index (χ3n) is 4.29. The number of piperazine rings is 1. The average Bonchev–Trinajstić information content (AvgIpc) is 2.52. The number of carbonyl (C=O) groups is 1. The lowest BCUT2D eigenvalue weighted by molar-refractivity contribution is 0.0240. The largest absolute Gasteiger partial charge is 0.496 e. The summed E-state index contributed by atoms with van der Waals surface area (Å²) in [6.07, 6.45) is -0.229. The molecule has 2 rings (SSSR count). The molecule has 0 aromatic heterocycles. The molecular weight excluding hydrogens is 316 g/mol. The van der Waals surface area contributed by atoms with E-state index in [9.17, 15) is 4.79 Å². The van der Waals surface area contributed by atoms with E-state index in [2.05, 4.69) is 43.9 Å². The van der Waals surface area contributed by atoms with Gasteiger partial charge in [-0.25, -0.2) is 4.79 Å². The molecule has 1 aliphatic heterocycles. The first-order chi connectivity index (χ1) is 11.5. The van der Waals surface area contributed by atoms with Gasteiger partial charge in [0.15, 0.2) is 0 Å². The number of nitrogens with zero attached hydrogens (tertiary/aromatic N) is 2. The van der Waals surface area contributed by atoms with Crippen molar-refractivity contribution in [2.24, 2.45) is 0 Å². The van der Waals surface area contributed by atoms with Crippen LogP contribution in [0.1, 0.15) is 47.1 Å². The first kappa shape index (κ1) is 19.4. The number of hydrogen-bond acceptors (Lipinski definition) is 4. The fourth-order valence-corrected chi connectivity index (χ4v) is 2.97. The Hall–Kier alpha value is -1.91. The maximum Gasteiger partial charge on any atom is 0.410 e. The highest BCUT2D eigenvalue weighted by atomic mass is 16.6. The van der Waals surface area contributed by atoms with Crippen LogP contribution in [0, 0.1) is 0 Å². The predicted octanol–water partition coefficient (Wildman–Crippen LogP) is 4.05. The first-order valence-corrected chi connectivity index (χ1v) is 8.92. The number of methoxy groups -OCH3 is 1. The van der Waals surface area contributed by atoms with Crippen LogP contribution in [-0.2, 0) is 10.2 Å². The highest BCUT2D eigenvalue weighted by molar-refractivity contribution is 5.68. The fraction of sp³-hybridized carbons (Fsp3) is 0.650. The Balaban J connectivity index is 2.05. The number of rotatable bonds is 2. The lowest BCUT2D eigenvalue weighted by Crippen LogP contribution is -2.50. The normalized spacial score (nSPS) is 16.0. The molecule has 25 heavy (non-hydrogen) atoms. The van der Waals surface area contributed by atoms with Gasteiger partial charge in [-0.05, 0) is 37.8 Å². The molecule has 0 aliphatic carbocycles. The first-order valence-electron chi connectivity index (χ1n) is 8.92. The van der Waals surface area contributed by atoms with E-state index >= 15 is 0 Å². The van der Waals surface area contributed by atoms with E-state index in [4.69, 9.17) is 9.47 Å². The van der Waals surface area contributed by atoms with Crippen molar-refractivity contribution in [3.63, 3.8) is 0 Å². The molecule has 1 fully saturated rings. The summed E-state index contributed by atoms with van der Waals surface area (Å²) in [5.74, 6) is 0.916. The van der Waals surface area contributed by atoms with E-state index in [1.54, 1.807) is 12.0 Å². The lowest BCUT2D eigenvalue weighted by Gasteiger charge is -2.37. The van der Waals surface area contributed by atoms with Crippen molar-refractivity contribution in [3.05, 3.63) is 23.8 Å². The van der Waals surface area contributed by atoms with E-state index in [1.807, 2.05) is 20.8 Å². The monoisotopic (exact) mass is 348 g/mol. The molecule has 140 valence electrons. The lowest BCUT2D eigenvalue weighted by atomic mass is 9.86. The molecule has 1 amide bonds.